The normalized spacial score (nSPS) is 18.2. The van der Waals surface area contributed by atoms with Gasteiger partial charge in [-0.05, 0) is 93.3 Å². The number of benzene rings is 3. The quantitative estimate of drug-likeness (QED) is 0.273. The molecule has 1 aromatic heterocycles. The number of methoxy groups -OCH3 is 1. The lowest BCUT2D eigenvalue weighted by Gasteiger charge is -2.25. The predicted octanol–water partition coefficient (Wildman–Crippen LogP) is 6.57. The molecule has 1 fully saturated rings. The average molecular weight is 508 g/mol. The summed E-state index contributed by atoms with van der Waals surface area (Å²) in [5.41, 5.74) is 7.13. The molecule has 1 N–H and O–H groups in total. The zero-order valence-electron chi connectivity index (χ0n) is 21.6. The van der Waals surface area contributed by atoms with Crippen molar-refractivity contribution < 1.29 is 9.13 Å². The van der Waals surface area contributed by atoms with E-state index < -0.39 is 0 Å². The van der Waals surface area contributed by atoms with Crippen LogP contribution in [0, 0.1) is 12.7 Å². The zero-order valence-corrected chi connectivity index (χ0v) is 21.6. The van der Waals surface area contributed by atoms with Gasteiger partial charge in [-0.3, -0.25) is 9.98 Å². The van der Waals surface area contributed by atoms with E-state index in [9.17, 15) is 4.39 Å². The third-order valence-corrected chi connectivity index (χ3v) is 7.27. The first-order chi connectivity index (χ1) is 18.6. The van der Waals surface area contributed by atoms with E-state index in [2.05, 4.69) is 27.0 Å². The Hall–Kier alpha value is -4.10. The Labute approximate surface area is 221 Å². The van der Waals surface area contributed by atoms with Crippen LogP contribution in [0.5, 0.6) is 0 Å². The van der Waals surface area contributed by atoms with Gasteiger partial charge in [0.1, 0.15) is 5.82 Å². The zero-order chi connectivity index (χ0) is 26.1. The molecular weight excluding hydrogens is 477 g/mol. The maximum Gasteiger partial charge on any atom is 0.123 e. The van der Waals surface area contributed by atoms with Crippen molar-refractivity contribution in [2.75, 3.05) is 12.4 Å². The van der Waals surface area contributed by atoms with Gasteiger partial charge in [0.05, 0.1) is 57.5 Å². The van der Waals surface area contributed by atoms with Crippen LogP contribution >= 0.6 is 0 Å². The monoisotopic (exact) mass is 507 g/mol. The molecule has 6 rings (SSSR count). The fraction of sp³-hybridized carbons (Fsp3) is 0.258. The minimum absolute atomic E-state index is 0.211. The number of pyridine rings is 1. The summed E-state index contributed by atoms with van der Waals surface area (Å²) in [6.07, 6.45) is 6.12. The third kappa shape index (κ3) is 4.89. The van der Waals surface area contributed by atoms with Crippen LogP contribution in [0.25, 0.3) is 28.1 Å². The first kappa shape index (κ1) is 24.2. The van der Waals surface area contributed by atoms with Gasteiger partial charge in [0.2, 0.25) is 0 Å². The molecule has 6 nitrogen and oxygen atoms in total. The number of hydrogen-bond acceptors (Lipinski definition) is 5. The molecule has 0 spiro atoms. The lowest BCUT2D eigenvalue weighted by molar-refractivity contribution is 0.0663. The molecule has 3 aliphatic rings. The van der Waals surface area contributed by atoms with Gasteiger partial charge in [-0.2, -0.15) is 0 Å². The highest BCUT2D eigenvalue weighted by molar-refractivity contribution is 5.84. The number of hydrogen-bond donors (Lipinski definition) is 1. The van der Waals surface area contributed by atoms with Crippen molar-refractivity contribution >= 4 is 22.4 Å². The van der Waals surface area contributed by atoms with Gasteiger partial charge in [-0.1, -0.05) is 12.1 Å². The molecule has 0 unspecified atom stereocenters. The molecular formula is C31H30FN5O. The fourth-order valence-electron chi connectivity index (χ4n) is 5.22. The largest absolute Gasteiger partial charge is 0.381 e. The van der Waals surface area contributed by atoms with Crippen molar-refractivity contribution in [1.82, 2.24) is 14.5 Å². The van der Waals surface area contributed by atoms with Gasteiger partial charge in [0, 0.05) is 18.5 Å². The summed E-state index contributed by atoms with van der Waals surface area (Å²) in [7, 11) is 1.79. The van der Waals surface area contributed by atoms with E-state index in [1.54, 1.807) is 19.2 Å². The number of para-hydroxylation sites is 2. The van der Waals surface area contributed by atoms with Crippen molar-refractivity contribution in [3.8, 4) is 17.1 Å². The SMILES string of the molecule is CO[C@H]1CC[C@H](/N=c2\cc3n(-c4ccc(F)cc4)c4ccccc4nc-3cc2Nc2ccc(C)nc2)CC1. The third-order valence-electron chi connectivity index (χ3n) is 7.27. The standard InChI is InChI=1S/C31H30FN5O/c1-20-7-10-23(19-33-20)35-27-17-29-31(18-28(27)34-22-11-15-25(38-2)16-12-22)37(24-13-8-21(32)9-14-24)30-6-4-3-5-26(30)36-29/h3-10,13-14,17-19,22,25,35H,11-12,15-16H2,1-2H3/b34-28+/t22-,25-. The number of aryl methyl sites for hydroxylation is 1. The number of aromatic nitrogens is 3. The van der Waals surface area contributed by atoms with E-state index in [4.69, 9.17) is 14.7 Å². The first-order valence-corrected chi connectivity index (χ1v) is 13.1. The Morgan fingerprint density at radius 2 is 1.76 bits per heavy atom. The molecule has 7 heteroatoms. The summed E-state index contributed by atoms with van der Waals surface area (Å²) in [4.78, 5) is 14.7. The summed E-state index contributed by atoms with van der Waals surface area (Å²) in [5, 5.41) is 4.40. The van der Waals surface area contributed by atoms with E-state index in [0.717, 1.165) is 76.2 Å². The summed E-state index contributed by atoms with van der Waals surface area (Å²) >= 11 is 0. The topological polar surface area (TPSA) is 64.3 Å². The van der Waals surface area contributed by atoms with E-state index in [0.29, 0.717) is 6.10 Å². The molecule has 0 amide bonds. The van der Waals surface area contributed by atoms with Crippen LogP contribution in [0.2, 0.25) is 0 Å². The maximum absolute atomic E-state index is 13.8. The Bertz CT molecular complexity index is 1600. The van der Waals surface area contributed by atoms with Crippen LogP contribution in [-0.4, -0.2) is 33.8 Å². The van der Waals surface area contributed by atoms with Crippen LogP contribution < -0.4 is 10.7 Å². The van der Waals surface area contributed by atoms with Gasteiger partial charge in [-0.15, -0.1) is 0 Å². The summed E-state index contributed by atoms with van der Waals surface area (Å²) in [6, 6.07) is 23.0. The van der Waals surface area contributed by atoms with Crippen LogP contribution in [0.15, 0.2) is 84.0 Å². The molecule has 0 saturated heterocycles. The minimum atomic E-state index is -0.266. The summed E-state index contributed by atoms with van der Waals surface area (Å²) in [5.74, 6) is -0.266. The van der Waals surface area contributed by atoms with Crippen molar-refractivity contribution in [1.29, 1.82) is 0 Å². The molecule has 3 aromatic rings. The number of nitrogens with one attached hydrogen (secondary N) is 1. The van der Waals surface area contributed by atoms with Crippen molar-refractivity contribution in [2.24, 2.45) is 4.99 Å². The fourth-order valence-corrected chi connectivity index (χ4v) is 5.22. The molecule has 2 aromatic carbocycles. The van der Waals surface area contributed by atoms with Gasteiger partial charge in [0.15, 0.2) is 0 Å². The summed E-state index contributed by atoms with van der Waals surface area (Å²) in [6.45, 7) is 1.97. The van der Waals surface area contributed by atoms with E-state index in [1.165, 1.54) is 12.1 Å². The number of ether oxygens (including phenoxy) is 1. The molecule has 192 valence electrons. The van der Waals surface area contributed by atoms with Gasteiger partial charge in [-0.25, -0.2) is 9.37 Å². The van der Waals surface area contributed by atoms with Gasteiger partial charge in [0.25, 0.3) is 0 Å². The second-order valence-electron chi connectivity index (χ2n) is 9.88. The lowest BCUT2D eigenvalue weighted by Crippen LogP contribution is -2.25. The van der Waals surface area contributed by atoms with Crippen LogP contribution in [-0.2, 0) is 4.74 Å². The second kappa shape index (κ2) is 10.3. The molecule has 38 heavy (non-hydrogen) atoms. The summed E-state index contributed by atoms with van der Waals surface area (Å²) < 4.78 is 21.5. The number of nitrogens with zero attached hydrogens (tertiary/aromatic N) is 4. The molecule has 1 saturated carbocycles. The van der Waals surface area contributed by atoms with Crippen LogP contribution in [0.4, 0.5) is 15.8 Å². The Balaban J connectivity index is 1.57. The van der Waals surface area contributed by atoms with Crippen molar-refractivity contribution in [3.05, 3.63) is 95.9 Å². The van der Waals surface area contributed by atoms with Crippen LogP contribution in [0.3, 0.4) is 0 Å². The maximum atomic E-state index is 13.8. The van der Waals surface area contributed by atoms with E-state index in [-0.39, 0.29) is 11.9 Å². The Kier molecular flexibility index (Phi) is 6.60. The number of anilines is 2. The molecule has 1 aliphatic heterocycles. The van der Waals surface area contributed by atoms with Crippen LogP contribution in [0.1, 0.15) is 31.4 Å². The highest BCUT2D eigenvalue weighted by Crippen LogP contribution is 2.31. The molecule has 2 aliphatic carbocycles. The Morgan fingerprint density at radius 1 is 0.974 bits per heavy atom. The highest BCUT2D eigenvalue weighted by Gasteiger charge is 2.21. The van der Waals surface area contributed by atoms with Crippen molar-refractivity contribution in [2.45, 2.75) is 44.8 Å². The minimum Gasteiger partial charge on any atom is -0.381 e. The predicted molar refractivity (Wildman–Crippen MR) is 149 cm³/mol. The smallest absolute Gasteiger partial charge is 0.123 e. The molecule has 0 atom stereocenters. The van der Waals surface area contributed by atoms with E-state index in [1.807, 2.05) is 49.5 Å². The van der Waals surface area contributed by atoms with Gasteiger partial charge < -0.3 is 14.6 Å². The molecule has 0 radical (unpaired) electrons. The lowest BCUT2D eigenvalue weighted by atomic mass is 9.93. The average Bonchev–Trinajstić information content (AvgIpc) is 2.94. The first-order valence-electron chi connectivity index (χ1n) is 13.1. The van der Waals surface area contributed by atoms with Crippen molar-refractivity contribution in [3.63, 3.8) is 0 Å². The second-order valence-corrected chi connectivity index (χ2v) is 9.88. The Morgan fingerprint density at radius 3 is 2.50 bits per heavy atom. The number of halogens is 1. The molecule has 0 bridgehead atoms. The highest BCUT2D eigenvalue weighted by atomic mass is 19.1. The van der Waals surface area contributed by atoms with Gasteiger partial charge >= 0.3 is 0 Å². The number of fused-ring (bicyclic) bond motifs is 2. The van der Waals surface area contributed by atoms with E-state index >= 15 is 0 Å². The molecule has 2 heterocycles. The number of rotatable bonds is 5.